The molecule has 0 unspecified atom stereocenters. The molecule has 2 N–H and O–H groups in total. The number of nitrogens with one attached hydrogen (secondary N) is 2. The molecule has 136 valence electrons. The van der Waals surface area contributed by atoms with Crippen molar-refractivity contribution in [2.24, 2.45) is 0 Å². The van der Waals surface area contributed by atoms with Crippen molar-refractivity contribution in [2.45, 2.75) is 26.7 Å². The summed E-state index contributed by atoms with van der Waals surface area (Å²) in [6.07, 6.45) is 2.85. The number of carbonyl (C=O) groups excluding carboxylic acids is 2. The molecule has 2 aromatic carbocycles. The molecule has 0 fully saturated rings. The van der Waals surface area contributed by atoms with Crippen molar-refractivity contribution in [3.8, 4) is 0 Å². The topological polar surface area (TPSA) is 58.2 Å². The number of anilines is 2. The molecule has 0 bridgehead atoms. The van der Waals surface area contributed by atoms with Gasteiger partial charge in [0.05, 0.1) is 11.4 Å². The predicted molar refractivity (Wildman–Crippen MR) is 98.9 cm³/mol. The monoisotopic (exact) mass is 358 g/mol. The minimum Gasteiger partial charge on any atom is -0.324 e. The minimum absolute atomic E-state index is 0.206. The van der Waals surface area contributed by atoms with Crippen molar-refractivity contribution in [1.82, 2.24) is 0 Å². The van der Waals surface area contributed by atoms with Crippen molar-refractivity contribution in [1.29, 1.82) is 0 Å². The maximum absolute atomic E-state index is 13.8. The SMILES string of the molecule is CC(=O)Nc1cc(NC(=O)/C=C/c2ccc(C(C)C)cc2)c(F)cc1F. The van der Waals surface area contributed by atoms with Crippen molar-refractivity contribution >= 4 is 29.3 Å². The Morgan fingerprint density at radius 1 is 0.962 bits per heavy atom. The highest BCUT2D eigenvalue weighted by Crippen LogP contribution is 2.23. The van der Waals surface area contributed by atoms with E-state index in [-0.39, 0.29) is 11.4 Å². The molecule has 0 saturated heterocycles. The molecule has 26 heavy (non-hydrogen) atoms. The van der Waals surface area contributed by atoms with Crippen LogP contribution in [0.1, 0.15) is 37.8 Å². The summed E-state index contributed by atoms with van der Waals surface area (Å²) in [4.78, 5) is 23.0. The van der Waals surface area contributed by atoms with Gasteiger partial charge in [0, 0.05) is 19.1 Å². The summed E-state index contributed by atoms with van der Waals surface area (Å²) in [5.41, 5.74) is 1.58. The molecule has 2 rings (SSSR count). The van der Waals surface area contributed by atoms with Crippen LogP contribution in [-0.2, 0) is 9.59 Å². The standard InChI is InChI=1S/C20H20F2N2O2/c1-12(2)15-7-4-14(5-8-15)6-9-20(26)24-19-11-18(23-13(3)25)16(21)10-17(19)22/h4-12H,1-3H3,(H,23,25)(H,24,26)/b9-6+. The van der Waals surface area contributed by atoms with Crippen LogP contribution in [0, 0.1) is 11.6 Å². The van der Waals surface area contributed by atoms with Crippen LogP contribution in [0.25, 0.3) is 6.08 Å². The number of hydrogen-bond donors (Lipinski definition) is 2. The molecule has 2 aromatic rings. The van der Waals surface area contributed by atoms with Gasteiger partial charge in [-0.2, -0.15) is 0 Å². The molecule has 0 aliphatic heterocycles. The minimum atomic E-state index is -0.931. The summed E-state index contributed by atoms with van der Waals surface area (Å²) in [6.45, 7) is 5.38. The Hall–Kier alpha value is -3.02. The van der Waals surface area contributed by atoms with Gasteiger partial charge in [0.1, 0.15) is 11.6 Å². The number of amides is 2. The van der Waals surface area contributed by atoms with E-state index in [1.807, 2.05) is 24.3 Å². The smallest absolute Gasteiger partial charge is 0.248 e. The van der Waals surface area contributed by atoms with E-state index in [0.29, 0.717) is 12.0 Å². The van der Waals surface area contributed by atoms with E-state index in [4.69, 9.17) is 0 Å². The molecule has 0 radical (unpaired) electrons. The van der Waals surface area contributed by atoms with Crippen LogP contribution in [0.15, 0.2) is 42.5 Å². The Balaban J connectivity index is 2.10. The van der Waals surface area contributed by atoms with Gasteiger partial charge in [-0.25, -0.2) is 8.78 Å². The van der Waals surface area contributed by atoms with Gasteiger partial charge < -0.3 is 10.6 Å². The maximum atomic E-state index is 13.8. The first-order valence-corrected chi connectivity index (χ1v) is 8.12. The van der Waals surface area contributed by atoms with Crippen LogP contribution >= 0.6 is 0 Å². The molecule has 0 heterocycles. The Labute approximate surface area is 150 Å². The summed E-state index contributed by atoms with van der Waals surface area (Å²) >= 11 is 0. The van der Waals surface area contributed by atoms with Crippen LogP contribution in [0.5, 0.6) is 0 Å². The molecular formula is C20H20F2N2O2. The Kier molecular flexibility index (Phi) is 6.22. The highest BCUT2D eigenvalue weighted by molar-refractivity contribution is 6.02. The first-order chi connectivity index (χ1) is 12.3. The van der Waals surface area contributed by atoms with Gasteiger partial charge in [0.2, 0.25) is 11.8 Å². The Morgan fingerprint density at radius 2 is 1.54 bits per heavy atom. The summed E-state index contributed by atoms with van der Waals surface area (Å²) in [5, 5.41) is 4.57. The van der Waals surface area contributed by atoms with Gasteiger partial charge in [0.15, 0.2) is 0 Å². The fraction of sp³-hybridized carbons (Fsp3) is 0.200. The molecule has 0 spiro atoms. The predicted octanol–water partition coefficient (Wildman–Crippen LogP) is 4.70. The largest absolute Gasteiger partial charge is 0.324 e. The first-order valence-electron chi connectivity index (χ1n) is 8.12. The molecular weight excluding hydrogens is 338 g/mol. The van der Waals surface area contributed by atoms with Crippen LogP contribution in [0.3, 0.4) is 0 Å². The quantitative estimate of drug-likeness (QED) is 0.761. The highest BCUT2D eigenvalue weighted by Gasteiger charge is 2.12. The normalized spacial score (nSPS) is 11.0. The third kappa shape index (κ3) is 5.24. The van der Waals surface area contributed by atoms with Crippen LogP contribution in [-0.4, -0.2) is 11.8 Å². The molecule has 0 aliphatic rings. The average Bonchev–Trinajstić information content (AvgIpc) is 2.57. The zero-order chi connectivity index (χ0) is 19.3. The average molecular weight is 358 g/mol. The number of halogens is 2. The second kappa shape index (κ2) is 8.38. The third-order valence-corrected chi connectivity index (χ3v) is 3.66. The summed E-state index contributed by atoms with van der Waals surface area (Å²) in [6, 6.07) is 9.35. The third-order valence-electron chi connectivity index (χ3n) is 3.66. The first kappa shape index (κ1) is 19.3. The van der Waals surface area contributed by atoms with E-state index >= 15 is 0 Å². The highest BCUT2D eigenvalue weighted by atomic mass is 19.1. The summed E-state index contributed by atoms with van der Waals surface area (Å²) in [5.74, 6) is -2.51. The lowest BCUT2D eigenvalue weighted by Crippen LogP contribution is -2.12. The molecule has 2 amide bonds. The van der Waals surface area contributed by atoms with Gasteiger partial charge in [0.25, 0.3) is 0 Å². The number of hydrogen-bond acceptors (Lipinski definition) is 2. The zero-order valence-corrected chi connectivity index (χ0v) is 14.8. The van der Waals surface area contributed by atoms with Crippen molar-refractivity contribution < 1.29 is 18.4 Å². The summed E-state index contributed by atoms with van der Waals surface area (Å²) < 4.78 is 27.4. The van der Waals surface area contributed by atoms with Crippen molar-refractivity contribution in [3.05, 3.63) is 65.2 Å². The van der Waals surface area contributed by atoms with Crippen molar-refractivity contribution in [2.75, 3.05) is 10.6 Å². The Morgan fingerprint density at radius 3 is 2.08 bits per heavy atom. The van der Waals surface area contributed by atoms with E-state index in [9.17, 15) is 18.4 Å². The van der Waals surface area contributed by atoms with Gasteiger partial charge in [-0.05, 0) is 29.2 Å². The van der Waals surface area contributed by atoms with Crippen LogP contribution in [0.2, 0.25) is 0 Å². The van der Waals surface area contributed by atoms with Gasteiger partial charge in [-0.15, -0.1) is 0 Å². The van der Waals surface area contributed by atoms with Gasteiger partial charge in [-0.3, -0.25) is 9.59 Å². The lowest BCUT2D eigenvalue weighted by Gasteiger charge is -2.09. The summed E-state index contributed by atoms with van der Waals surface area (Å²) in [7, 11) is 0. The molecule has 4 nitrogen and oxygen atoms in total. The van der Waals surface area contributed by atoms with Gasteiger partial charge in [-0.1, -0.05) is 38.1 Å². The second-order valence-corrected chi connectivity index (χ2v) is 6.14. The van der Waals surface area contributed by atoms with E-state index in [1.54, 1.807) is 6.08 Å². The van der Waals surface area contributed by atoms with E-state index in [2.05, 4.69) is 24.5 Å². The van der Waals surface area contributed by atoms with E-state index in [0.717, 1.165) is 11.6 Å². The zero-order valence-electron chi connectivity index (χ0n) is 14.8. The van der Waals surface area contributed by atoms with Crippen molar-refractivity contribution in [3.63, 3.8) is 0 Å². The molecule has 0 atom stereocenters. The van der Waals surface area contributed by atoms with Crippen LogP contribution < -0.4 is 10.6 Å². The van der Waals surface area contributed by atoms with E-state index in [1.165, 1.54) is 18.6 Å². The number of rotatable bonds is 5. The molecule has 6 heteroatoms. The number of benzene rings is 2. The molecule has 0 saturated carbocycles. The molecule has 0 aromatic heterocycles. The lowest BCUT2D eigenvalue weighted by atomic mass is 10.0. The second-order valence-electron chi connectivity index (χ2n) is 6.14. The lowest BCUT2D eigenvalue weighted by molar-refractivity contribution is -0.114. The number of carbonyl (C=O) groups is 2. The fourth-order valence-corrected chi connectivity index (χ4v) is 2.27. The van der Waals surface area contributed by atoms with Gasteiger partial charge >= 0.3 is 0 Å². The Bertz CT molecular complexity index is 844. The van der Waals surface area contributed by atoms with Crippen LogP contribution in [0.4, 0.5) is 20.2 Å². The molecule has 0 aliphatic carbocycles. The fourth-order valence-electron chi connectivity index (χ4n) is 2.27. The maximum Gasteiger partial charge on any atom is 0.248 e. The van der Waals surface area contributed by atoms with E-state index < -0.39 is 23.4 Å².